The van der Waals surface area contributed by atoms with Crippen molar-refractivity contribution in [2.24, 2.45) is 0 Å². The normalized spacial score (nSPS) is 12.5. The molecule has 0 spiro atoms. The summed E-state index contributed by atoms with van der Waals surface area (Å²) in [5, 5.41) is 0.998. The lowest BCUT2D eigenvalue weighted by atomic mass is 10.5. The highest BCUT2D eigenvalue weighted by molar-refractivity contribution is 6.54. The lowest BCUT2D eigenvalue weighted by molar-refractivity contribution is -0.293. The summed E-state index contributed by atoms with van der Waals surface area (Å²) in [4.78, 5) is 4.23. The van der Waals surface area contributed by atoms with Crippen molar-refractivity contribution >= 4 is 14.8 Å². The summed E-state index contributed by atoms with van der Waals surface area (Å²) in [6, 6.07) is 5.78. The first-order chi connectivity index (χ1) is 6.76. The summed E-state index contributed by atoms with van der Waals surface area (Å²) in [6.07, 6.45) is 1.76. The third-order valence-corrected chi connectivity index (χ3v) is 4.14. The monoisotopic (exact) mass is 213 g/mol. The first-order valence-corrected chi connectivity index (χ1v) is 5.73. The molecule has 0 atom stereocenters. The number of rotatable bonds is 5. The highest BCUT2D eigenvalue weighted by Crippen LogP contribution is 2.08. The number of hydrogen-bond donors (Lipinski definition) is 0. The second kappa shape index (κ2) is 5.21. The molecule has 0 aromatic carbocycles. The van der Waals surface area contributed by atoms with Crippen molar-refractivity contribution in [3.63, 3.8) is 0 Å². The third-order valence-electron chi connectivity index (χ3n) is 2.06. The van der Waals surface area contributed by atoms with Gasteiger partial charge in [0.1, 0.15) is 0 Å². The second-order valence-electron chi connectivity index (χ2n) is 2.79. The van der Waals surface area contributed by atoms with Crippen LogP contribution in [0.15, 0.2) is 24.4 Å². The van der Waals surface area contributed by atoms with E-state index in [2.05, 4.69) is 4.98 Å². The fourth-order valence-corrected chi connectivity index (χ4v) is 2.52. The van der Waals surface area contributed by atoms with E-state index in [4.69, 9.17) is 14.2 Å². The first-order valence-electron chi connectivity index (χ1n) is 4.31. The smallest absolute Gasteiger partial charge is 0.255 e. The Morgan fingerprint density at radius 1 is 1.14 bits per heavy atom. The maximum atomic E-state index is 5.22. The van der Waals surface area contributed by atoms with Gasteiger partial charge in [0, 0.05) is 32.8 Å². The van der Waals surface area contributed by atoms with E-state index in [0.29, 0.717) is 0 Å². The van der Waals surface area contributed by atoms with E-state index >= 15 is 0 Å². The quantitative estimate of drug-likeness (QED) is 0.485. The minimum absolute atomic E-state index is 0.882. The van der Waals surface area contributed by atoms with E-state index in [1.165, 1.54) is 0 Å². The second-order valence-corrected chi connectivity index (χ2v) is 4.74. The van der Waals surface area contributed by atoms with E-state index in [1.54, 1.807) is 27.5 Å². The minimum Gasteiger partial charge on any atom is -0.335 e. The Balaban J connectivity index is 2.74. The van der Waals surface area contributed by atoms with Crippen LogP contribution in [-0.2, 0) is 14.2 Å². The molecular formula is C9H15NO3Si. The van der Waals surface area contributed by atoms with Crippen molar-refractivity contribution in [3.05, 3.63) is 24.4 Å². The van der Waals surface area contributed by atoms with Crippen molar-refractivity contribution < 1.29 is 14.2 Å². The molecule has 1 rings (SSSR count). The van der Waals surface area contributed by atoms with Gasteiger partial charge in [0.15, 0.2) is 9.52 Å². The van der Waals surface area contributed by atoms with E-state index in [-0.39, 0.29) is 0 Å². The highest BCUT2D eigenvalue weighted by atomic mass is 28.2. The highest BCUT2D eigenvalue weighted by Gasteiger charge is 2.30. The topological polar surface area (TPSA) is 40.6 Å². The Labute approximate surface area is 86.0 Å². The molecule has 0 amide bonds. The zero-order valence-corrected chi connectivity index (χ0v) is 10.1. The zero-order valence-electron chi connectivity index (χ0n) is 8.69. The van der Waals surface area contributed by atoms with Crippen molar-refractivity contribution in [3.8, 4) is 0 Å². The molecule has 0 fully saturated rings. The first kappa shape index (κ1) is 11.3. The van der Waals surface area contributed by atoms with E-state index in [1.807, 2.05) is 18.2 Å². The van der Waals surface area contributed by atoms with Crippen LogP contribution in [-0.4, -0.2) is 41.4 Å². The van der Waals surface area contributed by atoms with Crippen LogP contribution in [0.5, 0.6) is 0 Å². The Hall–Kier alpha value is -0.753. The maximum Gasteiger partial charge on any atom is 0.255 e. The summed E-state index contributed by atoms with van der Waals surface area (Å²) in [7, 11) is 3.83. The van der Waals surface area contributed by atoms with Crippen LogP contribution < -0.4 is 5.32 Å². The fraction of sp³-hybridized carbons (Fsp3) is 0.444. The standard InChI is InChI=1S/C9H15NO3Si/c1-11-9(12-2,13-3)14-8-6-4-5-7-10-8/h4-7H,14H2,1-3H3. The summed E-state index contributed by atoms with van der Waals surface area (Å²) in [5.41, 5.74) is -0.894. The lowest BCUT2D eigenvalue weighted by Crippen LogP contribution is -2.48. The molecule has 0 bridgehead atoms. The molecule has 0 aliphatic heterocycles. The molecule has 0 radical (unpaired) electrons. The number of hydrogen-bond acceptors (Lipinski definition) is 4. The Bertz CT molecular complexity index is 256. The van der Waals surface area contributed by atoms with Crippen LogP contribution in [0.25, 0.3) is 0 Å². The van der Waals surface area contributed by atoms with Crippen LogP contribution in [0.3, 0.4) is 0 Å². The molecule has 5 heteroatoms. The van der Waals surface area contributed by atoms with Gasteiger partial charge in [-0.15, -0.1) is 0 Å². The molecule has 14 heavy (non-hydrogen) atoms. The van der Waals surface area contributed by atoms with Crippen molar-refractivity contribution in [1.29, 1.82) is 0 Å². The van der Waals surface area contributed by atoms with Gasteiger partial charge in [0.2, 0.25) is 0 Å². The largest absolute Gasteiger partial charge is 0.335 e. The predicted octanol–water partition coefficient (Wildman–Crippen LogP) is -0.574. The van der Waals surface area contributed by atoms with Crippen LogP contribution in [0.1, 0.15) is 0 Å². The van der Waals surface area contributed by atoms with Crippen LogP contribution >= 0.6 is 0 Å². The van der Waals surface area contributed by atoms with Crippen molar-refractivity contribution in [2.45, 2.75) is 5.60 Å². The van der Waals surface area contributed by atoms with E-state index in [9.17, 15) is 0 Å². The average Bonchev–Trinajstić information content (AvgIpc) is 2.28. The number of methoxy groups -OCH3 is 3. The molecule has 1 aromatic rings. The lowest BCUT2D eigenvalue weighted by Gasteiger charge is -2.28. The molecule has 0 N–H and O–H groups in total. The van der Waals surface area contributed by atoms with Crippen molar-refractivity contribution in [2.75, 3.05) is 21.3 Å². The average molecular weight is 213 g/mol. The Morgan fingerprint density at radius 2 is 1.79 bits per heavy atom. The third kappa shape index (κ3) is 2.62. The van der Waals surface area contributed by atoms with Gasteiger partial charge in [-0.1, -0.05) is 6.07 Å². The molecule has 0 unspecified atom stereocenters. The number of nitrogens with zero attached hydrogens (tertiary/aromatic N) is 1. The van der Waals surface area contributed by atoms with Gasteiger partial charge >= 0.3 is 0 Å². The molecule has 0 saturated heterocycles. The van der Waals surface area contributed by atoms with Gasteiger partial charge < -0.3 is 14.2 Å². The van der Waals surface area contributed by atoms with Crippen LogP contribution in [0.2, 0.25) is 0 Å². The number of ether oxygens (including phenoxy) is 3. The van der Waals surface area contributed by atoms with Gasteiger partial charge in [0.25, 0.3) is 5.60 Å². The van der Waals surface area contributed by atoms with Crippen LogP contribution in [0, 0.1) is 0 Å². The number of pyridine rings is 1. The molecule has 78 valence electrons. The van der Waals surface area contributed by atoms with Crippen molar-refractivity contribution in [1.82, 2.24) is 4.98 Å². The van der Waals surface area contributed by atoms with E-state index < -0.39 is 15.1 Å². The van der Waals surface area contributed by atoms with Gasteiger partial charge in [-0.05, 0) is 12.1 Å². The zero-order chi connectivity index (χ0) is 10.4. The minimum atomic E-state index is -0.894. The molecule has 0 saturated carbocycles. The molecule has 1 heterocycles. The van der Waals surface area contributed by atoms with Gasteiger partial charge in [-0.3, -0.25) is 4.98 Å². The van der Waals surface area contributed by atoms with E-state index in [0.717, 1.165) is 5.32 Å². The SMILES string of the molecule is COC(OC)(OC)[SiH2]c1ccccn1. The van der Waals surface area contributed by atoms with Gasteiger partial charge in [0.05, 0.1) is 0 Å². The molecule has 1 aromatic heterocycles. The fourth-order valence-electron chi connectivity index (χ4n) is 1.19. The summed E-state index contributed by atoms with van der Waals surface area (Å²) >= 11 is 0. The summed E-state index contributed by atoms with van der Waals surface area (Å²) in [5.74, 6) is 0. The number of aromatic nitrogens is 1. The van der Waals surface area contributed by atoms with Crippen LogP contribution in [0.4, 0.5) is 0 Å². The molecule has 4 nitrogen and oxygen atoms in total. The summed E-state index contributed by atoms with van der Waals surface area (Å²) in [6.45, 7) is 0. The molecular weight excluding hydrogens is 198 g/mol. The van der Waals surface area contributed by atoms with Gasteiger partial charge in [-0.25, -0.2) is 0 Å². The maximum absolute atomic E-state index is 5.22. The Kier molecular flexibility index (Phi) is 4.21. The molecule has 0 aliphatic rings. The van der Waals surface area contributed by atoms with Gasteiger partial charge in [-0.2, -0.15) is 0 Å². The predicted molar refractivity (Wildman–Crippen MR) is 56.2 cm³/mol. The molecule has 0 aliphatic carbocycles. The Morgan fingerprint density at radius 3 is 2.21 bits per heavy atom. The summed E-state index contributed by atoms with van der Waals surface area (Å²) < 4.78 is 15.7.